The molecule has 1 aromatic heterocycles. The molecule has 0 unspecified atom stereocenters. The van der Waals surface area contributed by atoms with E-state index in [0.717, 1.165) is 42.2 Å². The highest BCUT2D eigenvalue weighted by Crippen LogP contribution is 2.27. The van der Waals surface area contributed by atoms with Crippen molar-refractivity contribution in [1.82, 2.24) is 9.55 Å². The van der Waals surface area contributed by atoms with Gasteiger partial charge in [-0.1, -0.05) is 23.7 Å². The number of carbonyl (C=O) groups excluding carboxylic acids is 1. The van der Waals surface area contributed by atoms with Gasteiger partial charge in [0.25, 0.3) is 0 Å². The fraction of sp³-hybridized carbons (Fsp3) is 0.158. The van der Waals surface area contributed by atoms with E-state index >= 15 is 0 Å². The van der Waals surface area contributed by atoms with Gasteiger partial charge in [0.1, 0.15) is 5.82 Å². The predicted molar refractivity (Wildman–Crippen MR) is 100 cm³/mol. The van der Waals surface area contributed by atoms with Crippen LogP contribution in [0.15, 0.2) is 54.7 Å². The number of anilines is 2. The average molecular weight is 353 g/mol. The van der Waals surface area contributed by atoms with Crippen molar-refractivity contribution in [2.75, 3.05) is 10.6 Å². The Morgan fingerprint density at radius 3 is 2.72 bits per heavy atom. The number of urea groups is 1. The van der Waals surface area contributed by atoms with Crippen molar-refractivity contribution in [3.05, 3.63) is 65.6 Å². The highest BCUT2D eigenvalue weighted by Gasteiger charge is 2.16. The molecule has 0 fully saturated rings. The van der Waals surface area contributed by atoms with Crippen LogP contribution in [-0.2, 0) is 13.0 Å². The van der Waals surface area contributed by atoms with E-state index < -0.39 is 0 Å². The van der Waals surface area contributed by atoms with Gasteiger partial charge in [-0.15, -0.1) is 0 Å². The third-order valence-electron chi connectivity index (χ3n) is 4.24. The number of aromatic nitrogens is 2. The minimum atomic E-state index is -0.294. The van der Waals surface area contributed by atoms with Crippen molar-refractivity contribution in [2.24, 2.45) is 0 Å². The van der Waals surface area contributed by atoms with Crippen molar-refractivity contribution >= 4 is 29.0 Å². The summed E-state index contributed by atoms with van der Waals surface area (Å²) in [6.45, 7) is 0.999. The number of halogens is 1. The Bertz CT molecular complexity index is 917. The van der Waals surface area contributed by atoms with Crippen molar-refractivity contribution in [3.8, 4) is 11.3 Å². The Morgan fingerprint density at radius 2 is 1.88 bits per heavy atom. The van der Waals surface area contributed by atoms with Gasteiger partial charge < -0.3 is 15.2 Å². The molecule has 5 nitrogen and oxygen atoms in total. The zero-order chi connectivity index (χ0) is 17.2. The Labute approximate surface area is 150 Å². The molecule has 1 aliphatic heterocycles. The third-order valence-corrected chi connectivity index (χ3v) is 4.49. The Morgan fingerprint density at radius 1 is 1.08 bits per heavy atom. The second-order valence-electron chi connectivity index (χ2n) is 5.98. The van der Waals surface area contributed by atoms with Crippen molar-refractivity contribution in [2.45, 2.75) is 19.4 Å². The summed E-state index contributed by atoms with van der Waals surface area (Å²) >= 11 is 5.85. The molecular weight excluding hydrogens is 336 g/mol. The fourth-order valence-electron chi connectivity index (χ4n) is 3.07. The smallest absolute Gasteiger partial charge is 0.323 e. The first kappa shape index (κ1) is 15.7. The normalized spacial score (nSPS) is 12.7. The summed E-state index contributed by atoms with van der Waals surface area (Å²) in [5.41, 5.74) is 3.56. The van der Waals surface area contributed by atoms with E-state index in [1.807, 2.05) is 30.5 Å². The number of rotatable bonds is 3. The van der Waals surface area contributed by atoms with E-state index in [-0.39, 0.29) is 6.03 Å². The van der Waals surface area contributed by atoms with Crippen LogP contribution in [0.3, 0.4) is 0 Å². The van der Waals surface area contributed by atoms with Crippen LogP contribution >= 0.6 is 11.6 Å². The fourth-order valence-corrected chi connectivity index (χ4v) is 3.20. The molecule has 6 heteroatoms. The first-order chi connectivity index (χ1) is 12.2. The molecule has 0 saturated heterocycles. The molecule has 25 heavy (non-hydrogen) atoms. The third kappa shape index (κ3) is 3.37. The van der Waals surface area contributed by atoms with E-state index in [0.29, 0.717) is 10.7 Å². The maximum absolute atomic E-state index is 12.2. The molecule has 0 spiro atoms. The highest BCUT2D eigenvalue weighted by atomic mass is 35.5. The molecule has 2 aromatic carbocycles. The Kier molecular flexibility index (Phi) is 4.15. The lowest BCUT2D eigenvalue weighted by Crippen LogP contribution is -2.19. The van der Waals surface area contributed by atoms with E-state index in [2.05, 4.69) is 20.2 Å². The maximum atomic E-state index is 12.2. The summed E-state index contributed by atoms with van der Waals surface area (Å²) in [6, 6.07) is 14.5. The summed E-state index contributed by atoms with van der Waals surface area (Å²) in [5, 5.41) is 6.28. The highest BCUT2D eigenvalue weighted by molar-refractivity contribution is 6.30. The quantitative estimate of drug-likeness (QED) is 0.711. The van der Waals surface area contributed by atoms with Gasteiger partial charge in [-0.2, -0.15) is 0 Å². The van der Waals surface area contributed by atoms with E-state index in [4.69, 9.17) is 11.6 Å². The molecule has 0 saturated carbocycles. The number of fused-ring (bicyclic) bond motifs is 1. The van der Waals surface area contributed by atoms with Gasteiger partial charge in [-0.3, -0.25) is 0 Å². The van der Waals surface area contributed by atoms with Crippen molar-refractivity contribution < 1.29 is 4.79 Å². The van der Waals surface area contributed by atoms with Crippen LogP contribution in [0.25, 0.3) is 11.3 Å². The Balaban J connectivity index is 1.49. The number of nitrogens with zero attached hydrogens (tertiary/aromatic N) is 2. The first-order valence-electron chi connectivity index (χ1n) is 8.17. The number of aryl methyl sites for hydroxylation is 1. The number of benzene rings is 2. The molecule has 2 amide bonds. The molecule has 4 rings (SSSR count). The lowest BCUT2D eigenvalue weighted by atomic mass is 10.1. The van der Waals surface area contributed by atoms with E-state index in [1.54, 1.807) is 24.3 Å². The molecule has 0 radical (unpaired) electrons. The summed E-state index contributed by atoms with van der Waals surface area (Å²) < 4.78 is 2.24. The number of carbonyl (C=O) groups is 1. The SMILES string of the molecule is O=C(Nc1ccc(Cl)cc1)Nc1cccc(-c2cnc3n2CCC3)c1. The topological polar surface area (TPSA) is 59.0 Å². The summed E-state index contributed by atoms with van der Waals surface area (Å²) in [4.78, 5) is 16.7. The lowest BCUT2D eigenvalue weighted by Gasteiger charge is -2.10. The van der Waals surface area contributed by atoms with Gasteiger partial charge >= 0.3 is 6.03 Å². The zero-order valence-corrected chi connectivity index (χ0v) is 14.3. The monoisotopic (exact) mass is 352 g/mol. The molecule has 126 valence electrons. The van der Waals surface area contributed by atoms with Crippen LogP contribution in [0.5, 0.6) is 0 Å². The van der Waals surface area contributed by atoms with Gasteiger partial charge in [0.2, 0.25) is 0 Å². The second-order valence-corrected chi connectivity index (χ2v) is 6.42. The number of amides is 2. The summed E-state index contributed by atoms with van der Waals surface area (Å²) in [5.74, 6) is 1.13. The number of hydrogen-bond donors (Lipinski definition) is 2. The predicted octanol–water partition coefficient (Wildman–Crippen LogP) is 4.79. The second kappa shape index (κ2) is 6.61. The molecular formula is C19H17ClN4O. The van der Waals surface area contributed by atoms with Crippen LogP contribution in [0, 0.1) is 0 Å². The molecule has 0 atom stereocenters. The number of imidazole rings is 1. The van der Waals surface area contributed by atoms with Gasteiger partial charge in [0, 0.05) is 34.9 Å². The molecule has 0 aliphatic carbocycles. The molecule has 2 heterocycles. The van der Waals surface area contributed by atoms with Crippen LogP contribution in [0.4, 0.5) is 16.2 Å². The van der Waals surface area contributed by atoms with Crippen molar-refractivity contribution in [3.63, 3.8) is 0 Å². The number of nitrogens with one attached hydrogen (secondary N) is 2. The Hall–Kier alpha value is -2.79. The van der Waals surface area contributed by atoms with E-state index in [1.165, 1.54) is 0 Å². The zero-order valence-electron chi connectivity index (χ0n) is 13.5. The maximum Gasteiger partial charge on any atom is 0.323 e. The molecule has 1 aliphatic rings. The minimum Gasteiger partial charge on any atom is -0.328 e. The molecule has 2 N–H and O–H groups in total. The lowest BCUT2D eigenvalue weighted by molar-refractivity contribution is 0.262. The minimum absolute atomic E-state index is 0.294. The first-order valence-corrected chi connectivity index (χ1v) is 8.55. The molecule has 0 bridgehead atoms. The number of hydrogen-bond acceptors (Lipinski definition) is 2. The molecule has 3 aromatic rings. The largest absolute Gasteiger partial charge is 0.328 e. The van der Waals surface area contributed by atoms with Gasteiger partial charge in [0.05, 0.1) is 11.9 Å². The van der Waals surface area contributed by atoms with Crippen LogP contribution in [0.1, 0.15) is 12.2 Å². The van der Waals surface area contributed by atoms with Gasteiger partial charge in [-0.05, 0) is 42.8 Å². The summed E-state index contributed by atoms with van der Waals surface area (Å²) in [6.07, 6.45) is 4.07. The van der Waals surface area contributed by atoms with Gasteiger partial charge in [-0.25, -0.2) is 9.78 Å². The van der Waals surface area contributed by atoms with Crippen molar-refractivity contribution in [1.29, 1.82) is 0 Å². The average Bonchev–Trinajstić information content (AvgIpc) is 3.20. The summed E-state index contributed by atoms with van der Waals surface area (Å²) in [7, 11) is 0. The van der Waals surface area contributed by atoms with Crippen LogP contribution in [0.2, 0.25) is 5.02 Å². The van der Waals surface area contributed by atoms with Gasteiger partial charge in [0.15, 0.2) is 0 Å². The standard InChI is InChI=1S/C19H17ClN4O/c20-14-6-8-15(9-7-14)22-19(25)23-16-4-1-3-13(11-16)17-12-21-18-5-2-10-24(17)18/h1,3-4,6-9,11-12H,2,5,10H2,(H2,22,23,25). The van der Waals surface area contributed by atoms with Crippen LogP contribution < -0.4 is 10.6 Å². The van der Waals surface area contributed by atoms with Crippen LogP contribution in [-0.4, -0.2) is 15.6 Å². The van der Waals surface area contributed by atoms with E-state index in [9.17, 15) is 4.79 Å².